The Balaban J connectivity index is 2.69. The van der Waals surface area contributed by atoms with Crippen LogP contribution in [0.1, 0.15) is 5.56 Å². The number of hydrogen-bond donors (Lipinski definition) is 0. The van der Waals surface area contributed by atoms with Crippen LogP contribution in [0.2, 0.25) is 5.15 Å². The van der Waals surface area contributed by atoms with Crippen LogP contribution in [0.15, 0.2) is 23.2 Å². The van der Waals surface area contributed by atoms with E-state index in [1.807, 2.05) is 25.2 Å². The Morgan fingerprint density at radius 1 is 1.60 bits per heavy atom. The third-order valence-corrected chi connectivity index (χ3v) is 2.50. The Morgan fingerprint density at radius 2 is 2.40 bits per heavy atom. The van der Waals surface area contributed by atoms with Crippen LogP contribution in [0.5, 0.6) is 0 Å². The molecule has 0 radical (unpaired) electrons. The molecule has 1 aromatic carbocycles. The SMILES string of the molecule is Cn1nc(Cl)c2c(CN=C=O)cccc21. The maximum absolute atomic E-state index is 10.1. The van der Waals surface area contributed by atoms with Crippen molar-refractivity contribution >= 4 is 28.6 Å². The average molecular weight is 222 g/mol. The Labute approximate surface area is 91.2 Å². The highest BCUT2D eigenvalue weighted by molar-refractivity contribution is 6.34. The first-order valence-electron chi connectivity index (χ1n) is 4.37. The van der Waals surface area contributed by atoms with Gasteiger partial charge in [0, 0.05) is 12.4 Å². The van der Waals surface area contributed by atoms with E-state index in [1.165, 1.54) is 6.08 Å². The first-order valence-corrected chi connectivity index (χ1v) is 4.75. The van der Waals surface area contributed by atoms with Crippen LogP contribution in [0.25, 0.3) is 10.9 Å². The fourth-order valence-electron chi connectivity index (χ4n) is 1.58. The van der Waals surface area contributed by atoms with Crippen LogP contribution in [-0.4, -0.2) is 15.9 Å². The van der Waals surface area contributed by atoms with Gasteiger partial charge in [-0.1, -0.05) is 23.7 Å². The number of halogens is 1. The molecule has 76 valence electrons. The van der Waals surface area contributed by atoms with Crippen molar-refractivity contribution in [3.63, 3.8) is 0 Å². The Kier molecular flexibility index (Phi) is 2.54. The largest absolute Gasteiger partial charge is 0.266 e. The van der Waals surface area contributed by atoms with E-state index >= 15 is 0 Å². The minimum Gasteiger partial charge on any atom is -0.266 e. The van der Waals surface area contributed by atoms with Gasteiger partial charge < -0.3 is 0 Å². The summed E-state index contributed by atoms with van der Waals surface area (Å²) in [6.45, 7) is 0.284. The van der Waals surface area contributed by atoms with E-state index in [1.54, 1.807) is 4.68 Å². The summed E-state index contributed by atoms with van der Waals surface area (Å²) in [5.74, 6) is 0. The zero-order valence-corrected chi connectivity index (χ0v) is 8.82. The van der Waals surface area contributed by atoms with E-state index in [4.69, 9.17) is 11.6 Å². The maximum atomic E-state index is 10.1. The highest BCUT2D eigenvalue weighted by atomic mass is 35.5. The van der Waals surface area contributed by atoms with Crippen molar-refractivity contribution in [3.8, 4) is 0 Å². The molecule has 0 aliphatic rings. The molecule has 0 saturated carbocycles. The first-order chi connectivity index (χ1) is 7.24. The van der Waals surface area contributed by atoms with E-state index in [2.05, 4.69) is 10.1 Å². The number of aliphatic imine (C=N–C) groups is 1. The topological polar surface area (TPSA) is 47.2 Å². The second-order valence-electron chi connectivity index (χ2n) is 3.13. The number of nitrogens with zero attached hydrogens (tertiary/aromatic N) is 3. The maximum Gasteiger partial charge on any atom is 0.235 e. The van der Waals surface area contributed by atoms with Crippen molar-refractivity contribution in [1.82, 2.24) is 9.78 Å². The summed E-state index contributed by atoms with van der Waals surface area (Å²) in [5, 5.41) is 5.38. The molecule has 0 N–H and O–H groups in total. The second-order valence-corrected chi connectivity index (χ2v) is 3.49. The predicted octanol–water partition coefficient (Wildman–Crippen LogP) is 2.06. The van der Waals surface area contributed by atoms with E-state index in [0.717, 1.165) is 16.5 Å². The summed E-state index contributed by atoms with van der Waals surface area (Å²) in [4.78, 5) is 13.6. The fourth-order valence-corrected chi connectivity index (χ4v) is 1.91. The van der Waals surface area contributed by atoms with Crippen LogP contribution in [0, 0.1) is 0 Å². The number of isocyanates is 1. The Hall–Kier alpha value is -1.64. The van der Waals surface area contributed by atoms with Gasteiger partial charge in [0.25, 0.3) is 0 Å². The summed E-state index contributed by atoms with van der Waals surface area (Å²) in [7, 11) is 1.82. The molecule has 0 aliphatic carbocycles. The van der Waals surface area contributed by atoms with Crippen LogP contribution in [-0.2, 0) is 18.4 Å². The highest BCUT2D eigenvalue weighted by Gasteiger charge is 2.09. The van der Waals surface area contributed by atoms with Crippen LogP contribution in [0.3, 0.4) is 0 Å². The molecule has 1 heterocycles. The number of benzene rings is 1. The normalized spacial score (nSPS) is 10.3. The van der Waals surface area contributed by atoms with E-state index in [0.29, 0.717) is 5.15 Å². The number of aromatic nitrogens is 2. The van der Waals surface area contributed by atoms with Gasteiger partial charge in [-0.25, -0.2) is 9.79 Å². The summed E-state index contributed by atoms with van der Waals surface area (Å²) in [6, 6.07) is 5.68. The van der Waals surface area contributed by atoms with Gasteiger partial charge in [-0.3, -0.25) is 4.68 Å². The van der Waals surface area contributed by atoms with Gasteiger partial charge in [-0.05, 0) is 11.6 Å². The van der Waals surface area contributed by atoms with E-state index in [-0.39, 0.29) is 6.54 Å². The molecule has 5 heteroatoms. The molecule has 0 fully saturated rings. The third kappa shape index (κ3) is 1.65. The lowest BCUT2D eigenvalue weighted by Crippen LogP contribution is -1.89. The molecule has 0 bridgehead atoms. The van der Waals surface area contributed by atoms with Crippen molar-refractivity contribution in [2.75, 3.05) is 0 Å². The number of hydrogen-bond acceptors (Lipinski definition) is 3. The second kappa shape index (κ2) is 3.85. The average Bonchev–Trinajstić information content (AvgIpc) is 2.53. The van der Waals surface area contributed by atoms with Gasteiger partial charge in [0.1, 0.15) is 0 Å². The summed E-state index contributed by atoms with van der Waals surface area (Å²) in [5.41, 5.74) is 1.81. The molecule has 0 aliphatic heterocycles. The zero-order chi connectivity index (χ0) is 10.8. The summed E-state index contributed by atoms with van der Waals surface area (Å²) in [6.07, 6.45) is 1.51. The van der Waals surface area contributed by atoms with Crippen LogP contribution < -0.4 is 0 Å². The Morgan fingerprint density at radius 3 is 3.13 bits per heavy atom. The molecule has 0 unspecified atom stereocenters. The monoisotopic (exact) mass is 221 g/mol. The van der Waals surface area contributed by atoms with Crippen molar-refractivity contribution in [3.05, 3.63) is 28.9 Å². The van der Waals surface area contributed by atoms with Crippen LogP contribution >= 0.6 is 11.6 Å². The zero-order valence-electron chi connectivity index (χ0n) is 8.07. The molecule has 15 heavy (non-hydrogen) atoms. The quantitative estimate of drug-likeness (QED) is 0.576. The summed E-state index contributed by atoms with van der Waals surface area (Å²) < 4.78 is 1.70. The molecule has 0 spiro atoms. The minimum atomic E-state index is 0.284. The molecule has 0 saturated heterocycles. The van der Waals surface area contributed by atoms with Gasteiger partial charge in [-0.15, -0.1) is 0 Å². The molecule has 2 rings (SSSR count). The predicted molar refractivity (Wildman–Crippen MR) is 57.5 cm³/mol. The van der Waals surface area contributed by atoms with Crippen molar-refractivity contribution in [2.45, 2.75) is 6.54 Å². The molecule has 0 atom stereocenters. The minimum absolute atomic E-state index is 0.284. The molecular weight excluding hydrogens is 214 g/mol. The fraction of sp³-hybridized carbons (Fsp3) is 0.200. The highest BCUT2D eigenvalue weighted by Crippen LogP contribution is 2.26. The van der Waals surface area contributed by atoms with Gasteiger partial charge >= 0.3 is 0 Å². The number of carbonyl (C=O) groups excluding carboxylic acids is 1. The lowest BCUT2D eigenvalue weighted by molar-refractivity contribution is 0.563. The number of fused-ring (bicyclic) bond motifs is 1. The number of rotatable bonds is 2. The van der Waals surface area contributed by atoms with Crippen molar-refractivity contribution < 1.29 is 4.79 Å². The lowest BCUT2D eigenvalue weighted by Gasteiger charge is -1.98. The van der Waals surface area contributed by atoms with E-state index in [9.17, 15) is 4.79 Å². The molecule has 2 aromatic rings. The first kappa shape index (κ1) is 9.90. The number of aryl methyl sites for hydroxylation is 1. The lowest BCUT2D eigenvalue weighted by atomic mass is 10.1. The summed E-state index contributed by atoms with van der Waals surface area (Å²) >= 11 is 5.99. The van der Waals surface area contributed by atoms with Gasteiger partial charge in [0.15, 0.2) is 5.15 Å². The molecular formula is C10H8ClN3O. The third-order valence-electron chi connectivity index (χ3n) is 2.24. The standard InChI is InChI=1S/C10H8ClN3O/c1-14-8-4-2-3-7(5-12-6-15)9(8)10(11)13-14/h2-4H,5H2,1H3. The Bertz CT molecular complexity index is 555. The van der Waals surface area contributed by atoms with Gasteiger partial charge in [-0.2, -0.15) is 5.10 Å². The van der Waals surface area contributed by atoms with Crippen LogP contribution in [0.4, 0.5) is 0 Å². The van der Waals surface area contributed by atoms with Gasteiger partial charge in [0.05, 0.1) is 12.1 Å². The van der Waals surface area contributed by atoms with E-state index < -0.39 is 0 Å². The van der Waals surface area contributed by atoms with Crippen molar-refractivity contribution in [2.24, 2.45) is 12.0 Å². The smallest absolute Gasteiger partial charge is 0.235 e. The molecule has 1 aromatic heterocycles. The molecule has 0 amide bonds. The van der Waals surface area contributed by atoms with Crippen molar-refractivity contribution in [1.29, 1.82) is 0 Å². The van der Waals surface area contributed by atoms with Gasteiger partial charge in [0.2, 0.25) is 6.08 Å². The molecule has 4 nitrogen and oxygen atoms in total.